The normalized spacial score (nSPS) is 14.6. The highest BCUT2D eigenvalue weighted by molar-refractivity contribution is 5.99. The summed E-state index contributed by atoms with van der Waals surface area (Å²) >= 11 is 0. The molecule has 0 bridgehead atoms. The molecule has 0 spiro atoms. The molecule has 0 atom stereocenters. The Morgan fingerprint density at radius 3 is 2.53 bits per heavy atom. The maximum atomic E-state index is 13.0. The summed E-state index contributed by atoms with van der Waals surface area (Å²) < 4.78 is 2.63. The van der Waals surface area contributed by atoms with Crippen molar-refractivity contribution in [3.63, 3.8) is 0 Å². The molecule has 1 aliphatic carbocycles. The molecule has 3 N–H and O–H groups in total. The molecule has 162 valence electrons. The second-order valence-corrected chi connectivity index (χ2v) is 8.55. The van der Waals surface area contributed by atoms with Crippen molar-refractivity contribution < 1.29 is 14.7 Å². The van der Waals surface area contributed by atoms with E-state index in [1.54, 1.807) is 13.0 Å². The average Bonchev–Trinajstić information content (AvgIpc) is 3.35. The minimum atomic E-state index is -0.690. The molecule has 1 fully saturated rings. The van der Waals surface area contributed by atoms with E-state index in [0.717, 1.165) is 17.4 Å². The largest absolute Gasteiger partial charge is 0.494 e. The molecule has 9 nitrogen and oxygen atoms in total. The van der Waals surface area contributed by atoms with Crippen LogP contribution in [0.1, 0.15) is 63.4 Å². The third-order valence-corrected chi connectivity index (χ3v) is 4.75. The Labute approximate surface area is 174 Å². The molecule has 2 aromatic heterocycles. The van der Waals surface area contributed by atoms with Crippen molar-refractivity contribution in [2.45, 2.75) is 66.1 Å². The Morgan fingerprint density at radius 1 is 1.30 bits per heavy atom. The third-order valence-electron chi connectivity index (χ3n) is 4.75. The molecular weight excluding hydrogens is 386 g/mol. The molecule has 9 heteroatoms. The number of carbonyl (C=O) groups excluding carboxylic acids is 2. The predicted molar refractivity (Wildman–Crippen MR) is 113 cm³/mol. The van der Waals surface area contributed by atoms with Gasteiger partial charge in [-0.3, -0.25) is 19.0 Å². The first-order chi connectivity index (χ1) is 14.1. The second kappa shape index (κ2) is 8.33. The lowest BCUT2D eigenvalue weighted by Gasteiger charge is -2.17. The van der Waals surface area contributed by atoms with Crippen molar-refractivity contribution in [2.75, 3.05) is 0 Å². The first-order valence-corrected chi connectivity index (χ1v) is 10.2. The summed E-state index contributed by atoms with van der Waals surface area (Å²) in [5.74, 6) is -1.09. The first-order valence-electron chi connectivity index (χ1n) is 10.2. The van der Waals surface area contributed by atoms with Gasteiger partial charge in [-0.15, -0.1) is 0 Å². The number of aromatic nitrogens is 3. The van der Waals surface area contributed by atoms with Gasteiger partial charge < -0.3 is 15.7 Å². The zero-order chi connectivity index (χ0) is 22.2. The standard InChI is InChI=1S/C21H29N5O4/c1-11(2)10-25-19-14(8-13(5)17(27)23-12(3)4)9-22-26(19)21(30)16(20(25)29)18(28)24-15-6-7-15/h8-9,11-12,15,29H,6-7,10H2,1-5H3,(H,23,27)(H,24,28)/b13-8+. The monoisotopic (exact) mass is 415 g/mol. The molecule has 0 aromatic carbocycles. The van der Waals surface area contributed by atoms with Gasteiger partial charge in [0.05, 0.1) is 6.20 Å². The van der Waals surface area contributed by atoms with Gasteiger partial charge in [0.2, 0.25) is 11.8 Å². The number of hydrogen-bond donors (Lipinski definition) is 3. The van der Waals surface area contributed by atoms with Gasteiger partial charge in [0.15, 0.2) is 5.56 Å². The van der Waals surface area contributed by atoms with Crippen molar-refractivity contribution in [2.24, 2.45) is 5.92 Å². The topological polar surface area (TPSA) is 118 Å². The minimum Gasteiger partial charge on any atom is -0.494 e. The summed E-state index contributed by atoms with van der Waals surface area (Å²) in [5.41, 5.74) is 0.282. The lowest BCUT2D eigenvalue weighted by Crippen LogP contribution is -2.34. The fourth-order valence-electron chi connectivity index (χ4n) is 3.21. The number of nitrogens with zero attached hydrogens (tertiary/aromatic N) is 3. The number of carbonyl (C=O) groups is 2. The lowest BCUT2D eigenvalue weighted by molar-refractivity contribution is -0.117. The zero-order valence-electron chi connectivity index (χ0n) is 18.0. The summed E-state index contributed by atoms with van der Waals surface area (Å²) in [4.78, 5) is 37.9. The molecule has 3 rings (SSSR count). The summed E-state index contributed by atoms with van der Waals surface area (Å²) in [7, 11) is 0. The predicted octanol–water partition coefficient (Wildman–Crippen LogP) is 1.68. The van der Waals surface area contributed by atoms with Gasteiger partial charge in [0.1, 0.15) is 5.65 Å². The summed E-state index contributed by atoms with van der Waals surface area (Å²) in [5, 5.41) is 20.6. The van der Waals surface area contributed by atoms with E-state index in [2.05, 4.69) is 15.7 Å². The van der Waals surface area contributed by atoms with Crippen LogP contribution in [0.5, 0.6) is 5.88 Å². The Kier molecular flexibility index (Phi) is 6.00. The van der Waals surface area contributed by atoms with E-state index in [1.165, 1.54) is 10.8 Å². The van der Waals surface area contributed by atoms with Crippen LogP contribution in [-0.2, 0) is 11.3 Å². The first kappa shape index (κ1) is 21.6. The van der Waals surface area contributed by atoms with Gasteiger partial charge >= 0.3 is 0 Å². The SMILES string of the molecule is C/C(=C\c1cnn2c(=O)c(C(=O)NC3CC3)c(O)n(CC(C)C)c12)C(=O)NC(C)C. The van der Waals surface area contributed by atoms with Crippen molar-refractivity contribution in [3.8, 4) is 5.88 Å². The molecule has 1 saturated carbocycles. The van der Waals surface area contributed by atoms with Crippen LogP contribution in [0.4, 0.5) is 0 Å². The van der Waals surface area contributed by atoms with Crippen LogP contribution in [0.25, 0.3) is 11.7 Å². The molecule has 30 heavy (non-hydrogen) atoms. The van der Waals surface area contributed by atoms with Crippen LogP contribution in [0.2, 0.25) is 0 Å². The van der Waals surface area contributed by atoms with E-state index in [0.29, 0.717) is 23.3 Å². The van der Waals surface area contributed by atoms with Crippen LogP contribution in [0, 0.1) is 5.92 Å². The van der Waals surface area contributed by atoms with Crippen molar-refractivity contribution in [1.82, 2.24) is 24.8 Å². The third kappa shape index (κ3) is 4.39. The van der Waals surface area contributed by atoms with Crippen LogP contribution in [0.3, 0.4) is 0 Å². The van der Waals surface area contributed by atoms with Gasteiger partial charge in [-0.25, -0.2) is 0 Å². The number of hydrogen-bond acceptors (Lipinski definition) is 5. The molecule has 2 amide bonds. The fraction of sp³-hybridized carbons (Fsp3) is 0.524. The Bertz CT molecular complexity index is 1070. The molecule has 2 aromatic rings. The van der Waals surface area contributed by atoms with Gasteiger partial charge in [-0.1, -0.05) is 13.8 Å². The summed E-state index contributed by atoms with van der Waals surface area (Å²) in [6.45, 7) is 9.70. The van der Waals surface area contributed by atoms with E-state index in [1.807, 2.05) is 27.7 Å². The highest BCUT2D eigenvalue weighted by Crippen LogP contribution is 2.25. The number of nitrogens with one attached hydrogen (secondary N) is 2. The number of aromatic hydroxyl groups is 1. The summed E-state index contributed by atoms with van der Waals surface area (Å²) in [6, 6.07) is 0.0317. The molecule has 0 saturated heterocycles. The van der Waals surface area contributed by atoms with Crippen LogP contribution >= 0.6 is 0 Å². The van der Waals surface area contributed by atoms with Crippen molar-refractivity contribution in [3.05, 3.63) is 33.3 Å². The second-order valence-electron chi connectivity index (χ2n) is 8.55. The van der Waals surface area contributed by atoms with Gasteiger partial charge in [-0.05, 0) is 45.6 Å². The maximum absolute atomic E-state index is 13.0. The van der Waals surface area contributed by atoms with E-state index < -0.39 is 17.3 Å². The van der Waals surface area contributed by atoms with E-state index >= 15 is 0 Å². The van der Waals surface area contributed by atoms with Crippen molar-refractivity contribution in [1.29, 1.82) is 0 Å². The van der Waals surface area contributed by atoms with Gasteiger partial charge in [-0.2, -0.15) is 9.61 Å². The van der Waals surface area contributed by atoms with E-state index in [-0.39, 0.29) is 29.5 Å². The van der Waals surface area contributed by atoms with Crippen LogP contribution in [-0.4, -0.2) is 43.2 Å². The molecular formula is C21H29N5O4. The smallest absolute Gasteiger partial charge is 0.291 e. The van der Waals surface area contributed by atoms with E-state index in [4.69, 9.17) is 0 Å². The quantitative estimate of drug-likeness (QED) is 0.595. The van der Waals surface area contributed by atoms with Gasteiger partial charge in [0, 0.05) is 29.8 Å². The van der Waals surface area contributed by atoms with Crippen LogP contribution < -0.4 is 16.2 Å². The summed E-state index contributed by atoms with van der Waals surface area (Å²) in [6.07, 6.45) is 4.81. The number of fused-ring (bicyclic) bond motifs is 1. The zero-order valence-corrected chi connectivity index (χ0v) is 18.0. The lowest BCUT2D eigenvalue weighted by atomic mass is 10.1. The fourth-order valence-corrected chi connectivity index (χ4v) is 3.21. The molecule has 0 radical (unpaired) electrons. The molecule has 2 heterocycles. The Morgan fingerprint density at radius 2 is 1.97 bits per heavy atom. The Balaban J connectivity index is 2.17. The van der Waals surface area contributed by atoms with Gasteiger partial charge in [0.25, 0.3) is 11.5 Å². The molecule has 0 aliphatic heterocycles. The Hall–Kier alpha value is -3.10. The highest BCUT2D eigenvalue weighted by atomic mass is 16.3. The average molecular weight is 415 g/mol. The molecule has 1 aliphatic rings. The number of rotatable bonds is 7. The maximum Gasteiger partial charge on any atom is 0.291 e. The van der Waals surface area contributed by atoms with Crippen LogP contribution in [0.15, 0.2) is 16.6 Å². The van der Waals surface area contributed by atoms with Crippen molar-refractivity contribution >= 4 is 23.5 Å². The number of amides is 2. The highest BCUT2D eigenvalue weighted by Gasteiger charge is 2.29. The van der Waals surface area contributed by atoms with E-state index in [9.17, 15) is 19.5 Å². The minimum absolute atomic E-state index is 0.0135. The molecule has 0 unspecified atom stereocenters.